The summed E-state index contributed by atoms with van der Waals surface area (Å²) in [6.07, 6.45) is 0. The third-order valence-corrected chi connectivity index (χ3v) is 3.21. The van der Waals surface area contributed by atoms with Crippen molar-refractivity contribution in [3.05, 3.63) is 17.7 Å². The van der Waals surface area contributed by atoms with Crippen LogP contribution < -0.4 is 20.7 Å². The van der Waals surface area contributed by atoms with Crippen molar-refractivity contribution in [3.8, 4) is 5.75 Å². The Hall–Kier alpha value is -1.91. The van der Waals surface area contributed by atoms with Gasteiger partial charge < -0.3 is 20.7 Å². The van der Waals surface area contributed by atoms with E-state index in [1.165, 1.54) is 0 Å². The topological polar surface area (TPSA) is 62.9 Å². The number of nitrogens with two attached hydrogens (primary N) is 1. The van der Waals surface area contributed by atoms with Gasteiger partial charge in [0.25, 0.3) is 0 Å². The van der Waals surface area contributed by atoms with Crippen LogP contribution in [-0.2, 0) is 0 Å². The highest BCUT2D eigenvalue weighted by atomic mass is 16.5. The third kappa shape index (κ3) is 1.58. The van der Waals surface area contributed by atoms with Crippen molar-refractivity contribution in [2.75, 3.05) is 36.5 Å². The van der Waals surface area contributed by atoms with E-state index < -0.39 is 0 Å². The molecule has 90 valence electrons. The molecule has 0 radical (unpaired) electrons. The summed E-state index contributed by atoms with van der Waals surface area (Å²) in [7, 11) is 0. The fourth-order valence-corrected chi connectivity index (χ4v) is 2.35. The normalized spacial score (nSPS) is 18.2. The van der Waals surface area contributed by atoms with Crippen LogP contribution in [0.5, 0.6) is 5.75 Å². The second kappa shape index (κ2) is 3.84. The average Bonchev–Trinajstić information content (AvgIpc) is 2.76. The Morgan fingerprint density at radius 3 is 3.12 bits per heavy atom. The van der Waals surface area contributed by atoms with Crippen molar-refractivity contribution in [2.24, 2.45) is 10.7 Å². The monoisotopic (exact) mass is 232 g/mol. The average molecular weight is 232 g/mol. The molecule has 3 rings (SSSR count). The Morgan fingerprint density at radius 2 is 2.35 bits per heavy atom. The van der Waals surface area contributed by atoms with Crippen LogP contribution in [0.1, 0.15) is 5.56 Å². The number of hydrogen-bond acceptors (Lipinski definition) is 5. The highest BCUT2D eigenvalue weighted by Gasteiger charge is 2.22. The summed E-state index contributed by atoms with van der Waals surface area (Å²) in [6, 6.07) is 4.12. The smallest absolute Gasteiger partial charge is 0.195 e. The lowest BCUT2D eigenvalue weighted by Crippen LogP contribution is -2.34. The molecule has 0 bridgehead atoms. The van der Waals surface area contributed by atoms with Crippen LogP contribution in [-0.4, -0.2) is 32.2 Å². The second-order valence-electron chi connectivity index (χ2n) is 4.25. The Bertz CT molecular complexity index is 484. The van der Waals surface area contributed by atoms with E-state index in [1.54, 1.807) is 0 Å². The van der Waals surface area contributed by atoms with Gasteiger partial charge in [0, 0.05) is 18.7 Å². The number of hydrogen-bond donors (Lipinski definition) is 2. The van der Waals surface area contributed by atoms with E-state index in [9.17, 15) is 0 Å². The van der Waals surface area contributed by atoms with Gasteiger partial charge in [-0.1, -0.05) is 0 Å². The molecule has 2 heterocycles. The van der Waals surface area contributed by atoms with E-state index in [0.717, 1.165) is 42.3 Å². The van der Waals surface area contributed by atoms with Gasteiger partial charge in [0.1, 0.15) is 12.4 Å². The van der Waals surface area contributed by atoms with Crippen LogP contribution in [0.2, 0.25) is 0 Å². The maximum Gasteiger partial charge on any atom is 0.195 e. The molecule has 0 aliphatic carbocycles. The molecule has 0 fully saturated rings. The predicted octanol–water partition coefficient (Wildman–Crippen LogP) is 0.934. The van der Waals surface area contributed by atoms with Crippen molar-refractivity contribution in [1.82, 2.24) is 0 Å². The van der Waals surface area contributed by atoms with Gasteiger partial charge in [0.05, 0.1) is 17.9 Å². The molecule has 2 aliphatic heterocycles. The number of rotatable bonds is 1. The molecule has 0 atom stereocenters. The summed E-state index contributed by atoms with van der Waals surface area (Å²) >= 11 is 0. The fourth-order valence-electron chi connectivity index (χ4n) is 2.35. The van der Waals surface area contributed by atoms with E-state index >= 15 is 0 Å². The lowest BCUT2D eigenvalue weighted by atomic mass is 10.1. The van der Waals surface area contributed by atoms with Crippen molar-refractivity contribution < 1.29 is 4.74 Å². The molecular formula is C12H16N4O. The molecule has 0 aromatic heterocycles. The quantitative estimate of drug-likeness (QED) is 0.756. The lowest BCUT2D eigenvalue weighted by molar-refractivity contribution is 0.321. The van der Waals surface area contributed by atoms with Crippen molar-refractivity contribution >= 4 is 17.3 Å². The molecule has 0 saturated carbocycles. The summed E-state index contributed by atoms with van der Waals surface area (Å²) < 4.78 is 5.72. The molecular weight excluding hydrogens is 216 g/mol. The standard InChI is InChI=1S/C12H16N4O/c1-8-10(16-6-4-15-12(16)13)3-2-9-11(8)17-7-5-14-9/h2-3,14H,4-7H2,1H3,(H2,13,15). The summed E-state index contributed by atoms with van der Waals surface area (Å²) in [6.45, 7) is 5.24. The summed E-state index contributed by atoms with van der Waals surface area (Å²) in [5.74, 6) is 1.53. The number of nitrogens with zero attached hydrogens (tertiary/aromatic N) is 2. The van der Waals surface area contributed by atoms with Gasteiger partial charge in [-0.05, 0) is 19.1 Å². The number of fused-ring (bicyclic) bond motifs is 1. The third-order valence-electron chi connectivity index (χ3n) is 3.21. The Morgan fingerprint density at radius 1 is 1.47 bits per heavy atom. The van der Waals surface area contributed by atoms with Crippen molar-refractivity contribution in [3.63, 3.8) is 0 Å². The molecule has 1 aromatic rings. The molecule has 0 amide bonds. The molecule has 5 heteroatoms. The first kappa shape index (κ1) is 10.3. The number of ether oxygens (including phenoxy) is 1. The van der Waals surface area contributed by atoms with Gasteiger partial charge in [-0.2, -0.15) is 0 Å². The minimum atomic E-state index is 0.594. The van der Waals surface area contributed by atoms with Crippen molar-refractivity contribution in [2.45, 2.75) is 6.92 Å². The number of nitrogens with one attached hydrogen (secondary N) is 1. The van der Waals surface area contributed by atoms with Crippen LogP contribution >= 0.6 is 0 Å². The van der Waals surface area contributed by atoms with Gasteiger partial charge in [-0.25, -0.2) is 0 Å². The summed E-state index contributed by atoms with van der Waals surface area (Å²) in [5.41, 5.74) is 9.15. The van der Waals surface area contributed by atoms with Gasteiger partial charge in [0.2, 0.25) is 0 Å². The molecule has 17 heavy (non-hydrogen) atoms. The van der Waals surface area contributed by atoms with Crippen molar-refractivity contribution in [1.29, 1.82) is 0 Å². The van der Waals surface area contributed by atoms with Gasteiger partial charge in [-0.3, -0.25) is 4.99 Å². The zero-order valence-electron chi connectivity index (χ0n) is 9.86. The zero-order valence-corrected chi connectivity index (χ0v) is 9.86. The van der Waals surface area contributed by atoms with Gasteiger partial charge >= 0.3 is 0 Å². The minimum absolute atomic E-state index is 0.594. The minimum Gasteiger partial charge on any atom is -0.489 e. The summed E-state index contributed by atoms with van der Waals surface area (Å²) in [4.78, 5) is 6.25. The van der Waals surface area contributed by atoms with E-state index in [2.05, 4.69) is 23.3 Å². The largest absolute Gasteiger partial charge is 0.489 e. The van der Waals surface area contributed by atoms with Crippen LogP contribution in [0.25, 0.3) is 0 Å². The first-order chi connectivity index (χ1) is 8.27. The lowest BCUT2D eigenvalue weighted by Gasteiger charge is -2.26. The van der Waals surface area contributed by atoms with Gasteiger partial charge in [-0.15, -0.1) is 0 Å². The van der Waals surface area contributed by atoms with E-state index in [1.807, 2.05) is 11.0 Å². The maximum atomic E-state index is 5.88. The molecule has 3 N–H and O–H groups in total. The van der Waals surface area contributed by atoms with Crippen LogP contribution in [0, 0.1) is 6.92 Å². The van der Waals surface area contributed by atoms with Crippen LogP contribution in [0.15, 0.2) is 17.1 Å². The number of aliphatic imine (C=N–C) groups is 1. The maximum absolute atomic E-state index is 5.88. The number of anilines is 2. The van der Waals surface area contributed by atoms with E-state index in [4.69, 9.17) is 10.5 Å². The molecule has 2 aliphatic rings. The molecule has 0 spiro atoms. The first-order valence-corrected chi connectivity index (χ1v) is 5.85. The highest BCUT2D eigenvalue weighted by molar-refractivity contribution is 5.97. The molecule has 5 nitrogen and oxygen atoms in total. The molecule has 0 unspecified atom stereocenters. The second-order valence-corrected chi connectivity index (χ2v) is 4.25. The Kier molecular flexibility index (Phi) is 2.31. The van der Waals surface area contributed by atoms with Crippen LogP contribution in [0.4, 0.5) is 11.4 Å². The molecule has 1 aromatic carbocycles. The number of guanidine groups is 1. The fraction of sp³-hybridized carbons (Fsp3) is 0.417. The number of benzene rings is 1. The summed E-state index contributed by atoms with van der Waals surface area (Å²) in [5, 5.41) is 3.33. The first-order valence-electron chi connectivity index (χ1n) is 5.85. The highest BCUT2D eigenvalue weighted by Crippen LogP contribution is 2.37. The Labute approximate surface area is 100 Å². The van der Waals surface area contributed by atoms with E-state index in [-0.39, 0.29) is 0 Å². The van der Waals surface area contributed by atoms with Crippen LogP contribution in [0.3, 0.4) is 0 Å². The zero-order chi connectivity index (χ0) is 11.8. The molecule has 0 saturated heterocycles. The Balaban J connectivity index is 2.04. The van der Waals surface area contributed by atoms with Gasteiger partial charge in [0.15, 0.2) is 5.96 Å². The SMILES string of the molecule is Cc1c(N2CCN=C2N)ccc2c1OCCN2. The predicted molar refractivity (Wildman–Crippen MR) is 69.0 cm³/mol. The van der Waals surface area contributed by atoms with E-state index in [0.29, 0.717) is 12.6 Å².